The van der Waals surface area contributed by atoms with E-state index in [9.17, 15) is 4.79 Å². The summed E-state index contributed by atoms with van der Waals surface area (Å²) in [7, 11) is 0. The van der Waals surface area contributed by atoms with Gasteiger partial charge in [-0.05, 0) is 47.2 Å². The number of carbonyl (C=O) groups is 1. The summed E-state index contributed by atoms with van der Waals surface area (Å²) >= 11 is 3.51. The summed E-state index contributed by atoms with van der Waals surface area (Å²) < 4.78 is 6.17. The fourth-order valence-electron chi connectivity index (χ4n) is 2.05. The highest BCUT2D eigenvalue weighted by atomic mass is 79.9. The van der Waals surface area contributed by atoms with Gasteiger partial charge in [-0.1, -0.05) is 34.1 Å². The number of furan rings is 1. The molecule has 0 unspecified atom stereocenters. The molecule has 0 atom stereocenters. The Kier molecular flexibility index (Phi) is 3.88. The van der Waals surface area contributed by atoms with Crippen molar-refractivity contribution in [1.82, 2.24) is 0 Å². The molecule has 1 amide bonds. The molecule has 1 aromatic heterocycles. The number of hydrogen-bond acceptors (Lipinski definition) is 2. The highest BCUT2D eigenvalue weighted by Gasteiger charge is 2.02. The average Bonchev–Trinajstić information content (AvgIpc) is 2.99. The molecule has 0 aliphatic carbocycles. The maximum Gasteiger partial charge on any atom is 0.248 e. The summed E-state index contributed by atoms with van der Waals surface area (Å²) in [5.41, 5.74) is 0.759. The normalized spacial score (nSPS) is 11.1. The van der Waals surface area contributed by atoms with Crippen molar-refractivity contribution >= 4 is 44.4 Å². The molecule has 0 fully saturated rings. The fourth-order valence-corrected chi connectivity index (χ4v) is 2.56. The van der Waals surface area contributed by atoms with Crippen LogP contribution >= 0.6 is 15.9 Å². The Morgan fingerprint density at radius 3 is 2.86 bits per heavy atom. The lowest BCUT2D eigenvalue weighted by molar-refractivity contribution is -0.111. The van der Waals surface area contributed by atoms with E-state index in [1.165, 1.54) is 6.08 Å². The van der Waals surface area contributed by atoms with E-state index in [1.54, 1.807) is 24.5 Å². The van der Waals surface area contributed by atoms with Crippen molar-refractivity contribution in [2.75, 3.05) is 5.32 Å². The predicted octanol–water partition coefficient (Wildman–Crippen LogP) is 4.85. The van der Waals surface area contributed by atoms with Crippen LogP contribution in [0, 0.1) is 0 Å². The van der Waals surface area contributed by atoms with Crippen LogP contribution in [0.3, 0.4) is 0 Å². The summed E-state index contributed by atoms with van der Waals surface area (Å²) in [5.74, 6) is 0.452. The topological polar surface area (TPSA) is 42.2 Å². The smallest absolute Gasteiger partial charge is 0.248 e. The van der Waals surface area contributed by atoms with E-state index in [0.29, 0.717) is 5.76 Å². The van der Waals surface area contributed by atoms with E-state index in [-0.39, 0.29) is 5.91 Å². The SMILES string of the molecule is O=C(/C=C/c1ccco1)Nc1ccc2c(Br)cccc2c1. The Morgan fingerprint density at radius 2 is 2.05 bits per heavy atom. The number of hydrogen-bond donors (Lipinski definition) is 1. The van der Waals surface area contributed by atoms with Gasteiger partial charge >= 0.3 is 0 Å². The predicted molar refractivity (Wildman–Crippen MR) is 88.0 cm³/mol. The van der Waals surface area contributed by atoms with Gasteiger partial charge in [-0.15, -0.1) is 0 Å². The molecule has 1 N–H and O–H groups in total. The molecular formula is C17H12BrNO2. The van der Waals surface area contributed by atoms with E-state index in [2.05, 4.69) is 21.2 Å². The summed E-state index contributed by atoms with van der Waals surface area (Å²) in [6, 6.07) is 15.3. The molecule has 0 aliphatic heterocycles. The molecule has 0 radical (unpaired) electrons. The molecule has 104 valence electrons. The zero-order valence-electron chi connectivity index (χ0n) is 11.0. The number of amides is 1. The molecule has 3 rings (SSSR count). The highest BCUT2D eigenvalue weighted by Crippen LogP contribution is 2.26. The molecule has 2 aromatic carbocycles. The number of rotatable bonds is 3. The van der Waals surface area contributed by atoms with Crippen LogP contribution in [0.15, 0.2) is 69.8 Å². The zero-order chi connectivity index (χ0) is 14.7. The molecule has 0 spiro atoms. The maximum atomic E-state index is 11.9. The molecule has 1 heterocycles. The summed E-state index contributed by atoms with van der Waals surface area (Å²) in [6.07, 6.45) is 4.65. The molecule has 21 heavy (non-hydrogen) atoms. The van der Waals surface area contributed by atoms with Gasteiger partial charge in [0.25, 0.3) is 0 Å². The number of fused-ring (bicyclic) bond motifs is 1. The average molecular weight is 342 g/mol. The third kappa shape index (κ3) is 3.23. The number of benzene rings is 2. The van der Waals surface area contributed by atoms with Gasteiger partial charge in [0.1, 0.15) is 5.76 Å². The van der Waals surface area contributed by atoms with Crippen LogP contribution in [0.25, 0.3) is 16.8 Å². The van der Waals surface area contributed by atoms with E-state index in [4.69, 9.17) is 4.42 Å². The third-order valence-corrected chi connectivity index (χ3v) is 3.73. The summed E-state index contributed by atoms with van der Waals surface area (Å²) in [4.78, 5) is 11.9. The maximum absolute atomic E-state index is 11.9. The Labute approximate surface area is 130 Å². The van der Waals surface area contributed by atoms with Crippen molar-refractivity contribution in [2.45, 2.75) is 0 Å². The number of carbonyl (C=O) groups excluding carboxylic acids is 1. The van der Waals surface area contributed by atoms with Crippen LogP contribution in [0.4, 0.5) is 5.69 Å². The minimum Gasteiger partial charge on any atom is -0.465 e. The minimum absolute atomic E-state index is 0.194. The van der Waals surface area contributed by atoms with Gasteiger partial charge in [-0.3, -0.25) is 4.79 Å². The van der Waals surface area contributed by atoms with E-state index < -0.39 is 0 Å². The van der Waals surface area contributed by atoms with Crippen molar-refractivity contribution in [2.24, 2.45) is 0 Å². The third-order valence-electron chi connectivity index (χ3n) is 3.04. The van der Waals surface area contributed by atoms with Crippen LogP contribution in [-0.4, -0.2) is 5.91 Å². The molecule has 0 saturated carbocycles. The van der Waals surface area contributed by atoms with E-state index in [1.807, 2.05) is 36.4 Å². The molecule has 0 bridgehead atoms. The number of anilines is 1. The molecule has 3 aromatic rings. The molecule has 0 saturated heterocycles. The lowest BCUT2D eigenvalue weighted by atomic mass is 10.1. The van der Waals surface area contributed by atoms with E-state index >= 15 is 0 Å². The van der Waals surface area contributed by atoms with Gasteiger partial charge in [-0.2, -0.15) is 0 Å². The first kappa shape index (κ1) is 13.6. The van der Waals surface area contributed by atoms with Crippen LogP contribution in [0.2, 0.25) is 0 Å². The van der Waals surface area contributed by atoms with Crippen LogP contribution in [-0.2, 0) is 4.79 Å². The van der Waals surface area contributed by atoms with Gasteiger partial charge in [-0.25, -0.2) is 0 Å². The second-order valence-corrected chi connectivity index (χ2v) is 5.37. The van der Waals surface area contributed by atoms with Gasteiger partial charge in [0, 0.05) is 16.2 Å². The van der Waals surface area contributed by atoms with Gasteiger partial charge < -0.3 is 9.73 Å². The first-order valence-electron chi connectivity index (χ1n) is 6.43. The summed E-state index contributed by atoms with van der Waals surface area (Å²) in [5, 5.41) is 5.01. The Morgan fingerprint density at radius 1 is 1.14 bits per heavy atom. The second-order valence-electron chi connectivity index (χ2n) is 4.51. The minimum atomic E-state index is -0.194. The summed E-state index contributed by atoms with van der Waals surface area (Å²) in [6.45, 7) is 0. The lowest BCUT2D eigenvalue weighted by Crippen LogP contribution is -2.07. The molecular weight excluding hydrogens is 330 g/mol. The van der Waals surface area contributed by atoms with Crippen LogP contribution < -0.4 is 5.32 Å². The van der Waals surface area contributed by atoms with Gasteiger partial charge in [0.2, 0.25) is 5.91 Å². The monoisotopic (exact) mass is 341 g/mol. The molecule has 0 aliphatic rings. The largest absolute Gasteiger partial charge is 0.465 e. The fraction of sp³-hybridized carbons (Fsp3) is 0. The van der Waals surface area contributed by atoms with Crippen molar-refractivity contribution in [3.8, 4) is 0 Å². The molecule has 4 heteroatoms. The Hall–Kier alpha value is -2.33. The lowest BCUT2D eigenvalue weighted by Gasteiger charge is -2.05. The molecule has 3 nitrogen and oxygen atoms in total. The first-order valence-corrected chi connectivity index (χ1v) is 7.22. The Bertz CT molecular complexity index is 807. The first-order chi connectivity index (χ1) is 10.2. The van der Waals surface area contributed by atoms with Crippen molar-refractivity contribution in [1.29, 1.82) is 0 Å². The zero-order valence-corrected chi connectivity index (χ0v) is 12.6. The number of halogens is 1. The Balaban J connectivity index is 1.77. The van der Waals surface area contributed by atoms with Crippen LogP contribution in [0.5, 0.6) is 0 Å². The highest BCUT2D eigenvalue weighted by molar-refractivity contribution is 9.10. The van der Waals surface area contributed by atoms with Gasteiger partial charge in [0.15, 0.2) is 0 Å². The quantitative estimate of drug-likeness (QED) is 0.692. The van der Waals surface area contributed by atoms with Crippen molar-refractivity contribution in [3.05, 3.63) is 71.1 Å². The van der Waals surface area contributed by atoms with E-state index in [0.717, 1.165) is 20.9 Å². The van der Waals surface area contributed by atoms with Gasteiger partial charge in [0.05, 0.1) is 6.26 Å². The standard InChI is InChI=1S/C17H12BrNO2/c18-16-5-1-3-12-11-13(6-8-15(12)16)19-17(20)9-7-14-4-2-10-21-14/h1-11H,(H,19,20)/b9-7+. The van der Waals surface area contributed by atoms with Crippen molar-refractivity contribution < 1.29 is 9.21 Å². The second kappa shape index (κ2) is 5.97. The van der Waals surface area contributed by atoms with Crippen LogP contribution in [0.1, 0.15) is 5.76 Å². The number of nitrogens with one attached hydrogen (secondary N) is 1. The van der Waals surface area contributed by atoms with Crippen molar-refractivity contribution in [3.63, 3.8) is 0 Å².